The molecule has 0 bridgehead atoms. The molecular formula is C26H26ClN2OS+. The van der Waals surface area contributed by atoms with Gasteiger partial charge in [0, 0.05) is 9.90 Å². The second kappa shape index (κ2) is 11.1. The fourth-order valence-corrected chi connectivity index (χ4v) is 4.29. The Balaban J connectivity index is 1.33. The Labute approximate surface area is 192 Å². The molecule has 0 aliphatic heterocycles. The quantitative estimate of drug-likeness (QED) is 0.263. The van der Waals surface area contributed by atoms with E-state index in [9.17, 15) is 0 Å². The van der Waals surface area contributed by atoms with E-state index in [-0.39, 0.29) is 6.10 Å². The van der Waals surface area contributed by atoms with Crippen LogP contribution < -0.4 is 4.57 Å². The molecule has 0 fully saturated rings. The van der Waals surface area contributed by atoms with Crippen molar-refractivity contribution in [3.05, 3.63) is 118 Å². The first-order valence-corrected chi connectivity index (χ1v) is 11.7. The predicted octanol–water partition coefficient (Wildman–Crippen LogP) is 6.20. The van der Waals surface area contributed by atoms with Crippen LogP contribution in [0.1, 0.15) is 22.1 Å². The summed E-state index contributed by atoms with van der Waals surface area (Å²) in [4.78, 5) is 1.26. The van der Waals surface area contributed by atoms with E-state index in [1.54, 1.807) is 11.3 Å². The first-order valence-electron chi connectivity index (χ1n) is 10.4. The average molecular weight is 450 g/mol. The van der Waals surface area contributed by atoms with Gasteiger partial charge in [-0.05, 0) is 47.2 Å². The van der Waals surface area contributed by atoms with Gasteiger partial charge in [0.25, 0.3) is 0 Å². The van der Waals surface area contributed by atoms with E-state index in [1.807, 2.05) is 30.3 Å². The lowest BCUT2D eigenvalue weighted by Crippen LogP contribution is -2.30. The van der Waals surface area contributed by atoms with Crippen molar-refractivity contribution in [3.8, 4) is 0 Å². The minimum Gasteiger partial charge on any atom is -0.368 e. The van der Waals surface area contributed by atoms with E-state index < -0.39 is 0 Å². The summed E-state index contributed by atoms with van der Waals surface area (Å²) in [6, 6.07) is 22.6. The van der Waals surface area contributed by atoms with E-state index in [0.29, 0.717) is 6.61 Å². The molecule has 2 heterocycles. The zero-order valence-corrected chi connectivity index (χ0v) is 18.9. The topological polar surface area (TPSA) is 18.0 Å². The second-order valence-corrected chi connectivity index (χ2v) is 8.79. The minimum atomic E-state index is 0.0502. The van der Waals surface area contributed by atoms with Crippen LogP contribution in [0.4, 0.5) is 0 Å². The molecule has 0 spiro atoms. The second-order valence-electron chi connectivity index (χ2n) is 7.37. The van der Waals surface area contributed by atoms with Crippen LogP contribution in [0, 0.1) is 0 Å². The summed E-state index contributed by atoms with van der Waals surface area (Å²) in [5, 5.41) is 2.87. The molecule has 0 aliphatic carbocycles. The number of hydrogen-bond donors (Lipinski definition) is 0. The number of thiophene rings is 1. The number of hydrogen-bond acceptors (Lipinski definition) is 2. The number of allylic oxidation sites excluding steroid dienone is 1. The van der Waals surface area contributed by atoms with Crippen molar-refractivity contribution < 1.29 is 9.30 Å². The van der Waals surface area contributed by atoms with Gasteiger partial charge in [-0.15, -0.1) is 11.3 Å². The van der Waals surface area contributed by atoms with Crippen molar-refractivity contribution in [1.29, 1.82) is 0 Å². The monoisotopic (exact) mass is 449 g/mol. The van der Waals surface area contributed by atoms with Gasteiger partial charge in [0.15, 0.2) is 0 Å². The fourth-order valence-electron chi connectivity index (χ4n) is 3.39. The number of aromatic nitrogens is 2. The Hall–Kier alpha value is -2.66. The zero-order chi connectivity index (χ0) is 21.3. The van der Waals surface area contributed by atoms with Crippen molar-refractivity contribution in [2.45, 2.75) is 25.6 Å². The summed E-state index contributed by atoms with van der Waals surface area (Å²) < 4.78 is 10.7. The van der Waals surface area contributed by atoms with Crippen LogP contribution in [0.15, 0.2) is 96.9 Å². The number of ether oxygens (including phenoxy) is 1. The first kappa shape index (κ1) is 21.6. The Kier molecular flexibility index (Phi) is 7.72. The van der Waals surface area contributed by atoms with Crippen LogP contribution in [0.5, 0.6) is 0 Å². The highest BCUT2D eigenvalue weighted by Gasteiger charge is 2.17. The van der Waals surface area contributed by atoms with Crippen molar-refractivity contribution >= 4 is 29.0 Å². The third-order valence-electron chi connectivity index (χ3n) is 5.03. The van der Waals surface area contributed by atoms with Crippen LogP contribution in [0.3, 0.4) is 0 Å². The summed E-state index contributed by atoms with van der Waals surface area (Å²) in [6.07, 6.45) is 11.6. The van der Waals surface area contributed by atoms with Crippen LogP contribution in [-0.4, -0.2) is 11.2 Å². The van der Waals surface area contributed by atoms with E-state index in [0.717, 1.165) is 30.1 Å². The number of benzene rings is 2. The first-order chi connectivity index (χ1) is 15.3. The van der Waals surface area contributed by atoms with Gasteiger partial charge >= 0.3 is 0 Å². The van der Waals surface area contributed by atoms with Crippen molar-refractivity contribution in [2.24, 2.45) is 0 Å². The Morgan fingerprint density at radius 1 is 1.03 bits per heavy atom. The molecule has 1 atom stereocenters. The Morgan fingerprint density at radius 2 is 1.87 bits per heavy atom. The van der Waals surface area contributed by atoms with Gasteiger partial charge in [0.05, 0.1) is 6.61 Å². The zero-order valence-electron chi connectivity index (χ0n) is 17.3. The average Bonchev–Trinajstić information content (AvgIpc) is 3.48. The lowest BCUT2D eigenvalue weighted by Gasteiger charge is -2.15. The molecule has 5 heteroatoms. The van der Waals surface area contributed by atoms with Gasteiger partial charge in [0.2, 0.25) is 6.33 Å². The van der Waals surface area contributed by atoms with Crippen molar-refractivity contribution in [1.82, 2.24) is 4.57 Å². The summed E-state index contributed by atoms with van der Waals surface area (Å²) in [5.41, 5.74) is 2.45. The summed E-state index contributed by atoms with van der Waals surface area (Å²) in [6.45, 7) is 2.31. The maximum atomic E-state index is 6.31. The predicted molar refractivity (Wildman–Crippen MR) is 128 cm³/mol. The van der Waals surface area contributed by atoms with Crippen LogP contribution >= 0.6 is 22.9 Å². The lowest BCUT2D eigenvalue weighted by atomic mass is 10.2. The molecule has 0 N–H and O–H groups in total. The SMILES string of the molecule is Clc1ccc(/C=C/C[n+]2ccn(CC(OCCc3ccccc3)c3cccs3)c2)cc1. The lowest BCUT2D eigenvalue weighted by molar-refractivity contribution is -0.686. The molecule has 0 saturated carbocycles. The summed E-state index contributed by atoms with van der Waals surface area (Å²) in [5.74, 6) is 0. The standard InChI is InChI=1S/C26H26ClN2OS/c27-24-12-10-23(11-13-24)8-4-15-28-16-17-29(21-28)20-25(26-9-5-19-31-26)30-18-14-22-6-2-1-3-7-22/h1-13,16-17,19,21,25H,14-15,18,20H2/q+1/b8-4+. The molecule has 0 saturated heterocycles. The molecule has 3 nitrogen and oxygen atoms in total. The van der Waals surface area contributed by atoms with Crippen molar-refractivity contribution in [2.75, 3.05) is 6.61 Å². The highest BCUT2D eigenvalue weighted by atomic mass is 35.5. The largest absolute Gasteiger partial charge is 0.368 e. The Morgan fingerprint density at radius 3 is 2.65 bits per heavy atom. The smallest absolute Gasteiger partial charge is 0.244 e. The van der Waals surface area contributed by atoms with Gasteiger partial charge < -0.3 is 4.74 Å². The van der Waals surface area contributed by atoms with Crippen LogP contribution in [0.25, 0.3) is 6.08 Å². The third kappa shape index (κ3) is 6.66. The third-order valence-corrected chi connectivity index (χ3v) is 6.25. The molecule has 2 aromatic carbocycles. The molecule has 1 unspecified atom stereocenters. The van der Waals surface area contributed by atoms with Crippen LogP contribution in [0.2, 0.25) is 5.02 Å². The highest BCUT2D eigenvalue weighted by molar-refractivity contribution is 7.10. The number of imidazole rings is 1. The van der Waals surface area contributed by atoms with Gasteiger partial charge in [0.1, 0.15) is 31.6 Å². The molecule has 4 aromatic rings. The number of rotatable bonds is 10. The highest BCUT2D eigenvalue weighted by Crippen LogP contribution is 2.24. The molecule has 2 aromatic heterocycles. The van der Waals surface area contributed by atoms with Crippen molar-refractivity contribution in [3.63, 3.8) is 0 Å². The molecule has 0 amide bonds. The summed E-state index contributed by atoms with van der Waals surface area (Å²) >= 11 is 7.70. The molecule has 158 valence electrons. The van der Waals surface area contributed by atoms with Crippen LogP contribution in [-0.2, 0) is 24.2 Å². The molecule has 4 rings (SSSR count). The summed E-state index contributed by atoms with van der Waals surface area (Å²) in [7, 11) is 0. The Bertz CT molecular complexity index is 1070. The van der Waals surface area contributed by atoms with Gasteiger partial charge in [-0.3, -0.25) is 0 Å². The van der Waals surface area contributed by atoms with E-state index >= 15 is 0 Å². The number of nitrogens with zero attached hydrogens (tertiary/aromatic N) is 2. The maximum absolute atomic E-state index is 6.31. The molecular weight excluding hydrogens is 424 g/mol. The fraction of sp³-hybridized carbons (Fsp3) is 0.192. The minimum absolute atomic E-state index is 0.0502. The van der Waals surface area contributed by atoms with E-state index in [2.05, 4.69) is 81.8 Å². The van der Waals surface area contributed by atoms with Gasteiger partial charge in [-0.25, -0.2) is 9.13 Å². The van der Waals surface area contributed by atoms with Gasteiger partial charge in [-0.2, -0.15) is 0 Å². The van der Waals surface area contributed by atoms with Gasteiger partial charge in [-0.1, -0.05) is 66.2 Å². The normalized spacial score (nSPS) is 12.4. The molecule has 0 aliphatic rings. The van der Waals surface area contributed by atoms with E-state index in [4.69, 9.17) is 16.3 Å². The molecule has 31 heavy (non-hydrogen) atoms. The molecule has 0 radical (unpaired) electrons. The number of halogens is 1. The van der Waals surface area contributed by atoms with E-state index in [1.165, 1.54) is 10.4 Å². The maximum Gasteiger partial charge on any atom is 0.244 e.